The average molecular weight is 276 g/mol. The minimum atomic E-state index is -0.218. The van der Waals surface area contributed by atoms with Crippen molar-refractivity contribution in [1.82, 2.24) is 0 Å². The fraction of sp³-hybridized carbons (Fsp3) is 0.600. The van der Waals surface area contributed by atoms with E-state index in [0.717, 1.165) is 0 Å². The molecule has 3 unspecified atom stereocenters. The van der Waals surface area contributed by atoms with Crippen molar-refractivity contribution < 1.29 is 0 Å². The van der Waals surface area contributed by atoms with Crippen LogP contribution in [0.4, 0.5) is 0 Å². The van der Waals surface area contributed by atoms with Crippen LogP contribution in [-0.4, -0.2) is 16.1 Å². The zero-order valence-electron chi connectivity index (χ0n) is 8.18. The van der Waals surface area contributed by atoms with E-state index in [1.165, 1.54) is 0 Å². The van der Waals surface area contributed by atoms with E-state index < -0.39 is 0 Å². The van der Waals surface area contributed by atoms with Crippen LogP contribution in [0.25, 0.3) is 0 Å². The fourth-order valence-corrected chi connectivity index (χ4v) is 1.58. The van der Waals surface area contributed by atoms with Crippen LogP contribution in [-0.2, 0) is 0 Å². The van der Waals surface area contributed by atoms with Crippen LogP contribution in [0.3, 0.4) is 0 Å². The molecule has 0 N–H and O–H groups in total. The minimum Gasteiger partial charge on any atom is -0.119 e. The Morgan fingerprint density at radius 2 is 1.71 bits per heavy atom. The van der Waals surface area contributed by atoms with Gasteiger partial charge in [0.05, 0.1) is 10.8 Å². The maximum Gasteiger partial charge on any atom is 0.0723 e. The van der Waals surface area contributed by atoms with Gasteiger partial charge in [-0.1, -0.05) is 29.8 Å². The zero-order valence-corrected chi connectivity index (χ0v) is 11.2. The van der Waals surface area contributed by atoms with Gasteiger partial charge in [0, 0.05) is 10.4 Å². The smallest absolute Gasteiger partial charge is 0.0723 e. The molecule has 0 aliphatic carbocycles. The lowest BCUT2D eigenvalue weighted by molar-refractivity contribution is 1.02. The third kappa shape index (κ3) is 7.99. The quantitative estimate of drug-likeness (QED) is 0.494. The predicted octanol–water partition coefficient (Wildman–Crippen LogP) is 4.92. The van der Waals surface area contributed by atoms with Crippen LogP contribution in [0.1, 0.15) is 20.3 Å². The van der Waals surface area contributed by atoms with Gasteiger partial charge >= 0.3 is 0 Å². The molecule has 0 saturated carbocycles. The summed E-state index contributed by atoms with van der Waals surface area (Å²) in [5, 5.41) is 0.291. The lowest BCUT2D eigenvalue weighted by Crippen LogP contribution is -1.99. The molecule has 0 spiro atoms. The van der Waals surface area contributed by atoms with E-state index in [9.17, 15) is 0 Å². The van der Waals surface area contributed by atoms with Crippen LogP contribution in [0.15, 0.2) is 23.3 Å². The SMILES string of the molecule is CC(Cl)C=CCC(Cl)C(Cl)=CC(C)Cl. The van der Waals surface area contributed by atoms with Crippen molar-refractivity contribution in [3.8, 4) is 0 Å². The van der Waals surface area contributed by atoms with Crippen molar-refractivity contribution in [2.75, 3.05) is 0 Å². The summed E-state index contributed by atoms with van der Waals surface area (Å²) in [5.74, 6) is 0. The predicted molar refractivity (Wildman–Crippen MR) is 68.0 cm³/mol. The molecule has 0 aromatic carbocycles. The van der Waals surface area contributed by atoms with Gasteiger partial charge in [-0.2, -0.15) is 0 Å². The monoisotopic (exact) mass is 274 g/mol. The van der Waals surface area contributed by atoms with E-state index in [0.29, 0.717) is 11.5 Å². The molecule has 0 radical (unpaired) electrons. The topological polar surface area (TPSA) is 0 Å². The first-order valence-corrected chi connectivity index (χ1v) is 6.08. The molecule has 0 saturated heterocycles. The standard InChI is InChI=1S/C10H14Cl4/c1-7(11)4-3-5-9(13)10(14)6-8(2)12/h3-4,6-9H,5H2,1-2H3. The average Bonchev–Trinajstić information content (AvgIpc) is 2.01. The number of alkyl halides is 3. The molecule has 3 atom stereocenters. The van der Waals surface area contributed by atoms with Crippen LogP contribution >= 0.6 is 46.4 Å². The molecule has 0 heterocycles. The highest BCUT2D eigenvalue weighted by Crippen LogP contribution is 2.20. The van der Waals surface area contributed by atoms with Crippen molar-refractivity contribution >= 4 is 46.4 Å². The second kappa shape index (κ2) is 7.87. The van der Waals surface area contributed by atoms with Crippen LogP contribution < -0.4 is 0 Å². The first-order chi connectivity index (χ1) is 6.43. The first kappa shape index (κ1) is 14.6. The van der Waals surface area contributed by atoms with Gasteiger partial charge in [-0.25, -0.2) is 0 Å². The third-order valence-electron chi connectivity index (χ3n) is 1.43. The first-order valence-electron chi connectivity index (χ1n) is 4.39. The van der Waals surface area contributed by atoms with E-state index >= 15 is 0 Å². The summed E-state index contributed by atoms with van der Waals surface area (Å²) in [6.45, 7) is 3.73. The highest BCUT2D eigenvalue weighted by atomic mass is 35.5. The van der Waals surface area contributed by atoms with E-state index in [1.807, 2.05) is 26.0 Å². The minimum absolute atomic E-state index is 0.0218. The van der Waals surface area contributed by atoms with E-state index in [4.69, 9.17) is 46.4 Å². The molecular weight excluding hydrogens is 262 g/mol. The normalized spacial score (nSPS) is 19.7. The number of rotatable bonds is 5. The van der Waals surface area contributed by atoms with Crippen LogP contribution in [0, 0.1) is 0 Å². The Kier molecular flexibility index (Phi) is 8.23. The van der Waals surface area contributed by atoms with E-state index in [2.05, 4.69) is 0 Å². The molecule has 0 aliphatic heterocycles. The van der Waals surface area contributed by atoms with Gasteiger partial charge in [0.1, 0.15) is 0 Å². The molecular formula is C10H14Cl4. The number of hydrogen-bond acceptors (Lipinski definition) is 0. The number of hydrogen-bond donors (Lipinski definition) is 0. The Hall–Kier alpha value is 0.640. The molecule has 0 aromatic rings. The van der Waals surface area contributed by atoms with Gasteiger partial charge in [0.15, 0.2) is 0 Å². The second-order valence-electron chi connectivity index (χ2n) is 3.04. The molecule has 0 rings (SSSR count). The summed E-state index contributed by atoms with van der Waals surface area (Å²) in [5.41, 5.74) is 0. The third-order valence-corrected chi connectivity index (χ3v) is 2.62. The maximum absolute atomic E-state index is 6.01. The highest BCUT2D eigenvalue weighted by Gasteiger charge is 2.07. The Bertz CT molecular complexity index is 206. The van der Waals surface area contributed by atoms with Crippen molar-refractivity contribution in [2.45, 2.75) is 36.4 Å². The van der Waals surface area contributed by atoms with Gasteiger partial charge in [-0.3, -0.25) is 0 Å². The largest absolute Gasteiger partial charge is 0.119 e. The summed E-state index contributed by atoms with van der Waals surface area (Å²) in [6.07, 6.45) is 6.20. The van der Waals surface area contributed by atoms with Crippen molar-refractivity contribution in [3.63, 3.8) is 0 Å². The maximum atomic E-state index is 6.01. The van der Waals surface area contributed by atoms with Gasteiger partial charge in [0.25, 0.3) is 0 Å². The Labute approximate surface area is 106 Å². The highest BCUT2D eigenvalue weighted by molar-refractivity contribution is 6.38. The van der Waals surface area contributed by atoms with Crippen molar-refractivity contribution in [3.05, 3.63) is 23.3 Å². The molecule has 14 heavy (non-hydrogen) atoms. The number of halogens is 4. The van der Waals surface area contributed by atoms with Gasteiger partial charge in [-0.05, 0) is 20.3 Å². The van der Waals surface area contributed by atoms with E-state index in [1.54, 1.807) is 6.08 Å². The van der Waals surface area contributed by atoms with Gasteiger partial charge < -0.3 is 0 Å². The Morgan fingerprint density at radius 3 is 2.14 bits per heavy atom. The molecule has 4 heteroatoms. The molecule has 0 nitrogen and oxygen atoms in total. The van der Waals surface area contributed by atoms with Crippen LogP contribution in [0.5, 0.6) is 0 Å². The van der Waals surface area contributed by atoms with Crippen LogP contribution in [0.2, 0.25) is 0 Å². The van der Waals surface area contributed by atoms with Crippen molar-refractivity contribution in [2.24, 2.45) is 0 Å². The molecule has 0 aromatic heterocycles. The molecule has 0 aliphatic rings. The lowest BCUT2D eigenvalue weighted by Gasteiger charge is -2.06. The Balaban J connectivity index is 4.02. The van der Waals surface area contributed by atoms with Gasteiger partial charge in [-0.15, -0.1) is 34.8 Å². The summed E-state index contributed by atoms with van der Waals surface area (Å²) >= 11 is 23.4. The summed E-state index contributed by atoms with van der Waals surface area (Å²) in [4.78, 5) is 0. The Morgan fingerprint density at radius 1 is 1.14 bits per heavy atom. The molecule has 0 amide bonds. The number of allylic oxidation sites excluding steroid dienone is 4. The molecule has 0 fully saturated rings. The van der Waals surface area contributed by atoms with E-state index in [-0.39, 0.29) is 16.1 Å². The fourth-order valence-electron chi connectivity index (χ4n) is 0.822. The lowest BCUT2D eigenvalue weighted by atomic mass is 10.2. The molecule has 82 valence electrons. The van der Waals surface area contributed by atoms with Crippen molar-refractivity contribution in [1.29, 1.82) is 0 Å². The summed E-state index contributed by atoms with van der Waals surface area (Å²) in [6, 6.07) is 0. The molecule has 0 bridgehead atoms. The zero-order chi connectivity index (χ0) is 11.1. The summed E-state index contributed by atoms with van der Waals surface area (Å²) < 4.78 is 0. The second-order valence-corrected chi connectivity index (χ2v) is 5.38. The van der Waals surface area contributed by atoms with Gasteiger partial charge in [0.2, 0.25) is 0 Å². The summed E-state index contributed by atoms with van der Waals surface area (Å²) in [7, 11) is 0.